The Morgan fingerprint density at radius 2 is 2.25 bits per heavy atom. The highest BCUT2D eigenvalue weighted by Crippen LogP contribution is 2.58. The molecule has 1 aromatic heterocycles. The number of nitrogen functional groups attached to an aromatic ring is 1. The van der Waals surface area contributed by atoms with E-state index < -0.39 is 0 Å². The highest BCUT2D eigenvalue weighted by molar-refractivity contribution is 8.00. The molecular formula is C12H16N2S2. The molecule has 0 spiro atoms. The minimum absolute atomic E-state index is 0.106. The molecule has 1 atom stereocenters. The summed E-state index contributed by atoms with van der Waals surface area (Å²) in [5.74, 6) is 1.54. The smallest absolute Gasteiger partial charge is 0.104 e. The first-order valence-electron chi connectivity index (χ1n) is 5.52. The number of rotatable bonds is 2. The van der Waals surface area contributed by atoms with Crippen molar-refractivity contribution < 1.29 is 0 Å². The van der Waals surface area contributed by atoms with Gasteiger partial charge in [-0.3, -0.25) is 0 Å². The van der Waals surface area contributed by atoms with Gasteiger partial charge in [0.15, 0.2) is 0 Å². The van der Waals surface area contributed by atoms with Crippen LogP contribution in [0, 0.1) is 17.2 Å². The van der Waals surface area contributed by atoms with Crippen LogP contribution in [0.5, 0.6) is 0 Å². The Hall–Kier alpha value is -0.660. The number of thioether (sulfide) groups is 1. The van der Waals surface area contributed by atoms with Crippen LogP contribution >= 0.6 is 23.1 Å². The molecule has 86 valence electrons. The van der Waals surface area contributed by atoms with E-state index in [-0.39, 0.29) is 4.75 Å². The Kier molecular flexibility index (Phi) is 2.93. The summed E-state index contributed by atoms with van der Waals surface area (Å²) in [6.45, 7) is 6.68. The highest BCUT2D eigenvalue weighted by Gasteiger charge is 2.44. The van der Waals surface area contributed by atoms with E-state index in [1.54, 1.807) is 11.3 Å². The van der Waals surface area contributed by atoms with Crippen LogP contribution < -0.4 is 5.73 Å². The number of thiophene rings is 1. The lowest BCUT2D eigenvalue weighted by Gasteiger charge is -2.32. The first-order chi connectivity index (χ1) is 7.56. The lowest BCUT2D eigenvalue weighted by Crippen LogP contribution is -2.25. The Labute approximate surface area is 105 Å². The summed E-state index contributed by atoms with van der Waals surface area (Å²) in [6.07, 6.45) is 1.06. The van der Waals surface area contributed by atoms with Crippen LogP contribution in [0.4, 0.5) is 5.00 Å². The average Bonchev–Trinajstić information content (AvgIpc) is 2.74. The van der Waals surface area contributed by atoms with Crippen LogP contribution in [0.25, 0.3) is 0 Å². The Bertz CT molecular complexity index is 456. The molecule has 2 nitrogen and oxygen atoms in total. The van der Waals surface area contributed by atoms with Crippen molar-refractivity contribution in [1.82, 2.24) is 0 Å². The summed E-state index contributed by atoms with van der Waals surface area (Å²) in [5.41, 5.74) is 7.90. The second-order valence-corrected chi connectivity index (χ2v) is 6.88. The summed E-state index contributed by atoms with van der Waals surface area (Å²) in [5, 5.41) is 9.95. The lowest BCUT2D eigenvalue weighted by molar-refractivity contribution is 0.441. The van der Waals surface area contributed by atoms with Crippen molar-refractivity contribution in [3.63, 3.8) is 0 Å². The first kappa shape index (κ1) is 11.8. The Balaban J connectivity index is 2.65. The third kappa shape index (κ3) is 1.38. The van der Waals surface area contributed by atoms with Gasteiger partial charge in [-0.1, -0.05) is 20.8 Å². The van der Waals surface area contributed by atoms with Crippen LogP contribution in [0.2, 0.25) is 0 Å². The highest BCUT2D eigenvalue weighted by atomic mass is 32.2. The van der Waals surface area contributed by atoms with Crippen molar-refractivity contribution in [2.75, 3.05) is 5.73 Å². The predicted octanol–water partition coefficient (Wildman–Crippen LogP) is 3.71. The first-order valence-corrected chi connectivity index (χ1v) is 7.32. The number of anilines is 1. The van der Waals surface area contributed by atoms with Gasteiger partial charge >= 0.3 is 0 Å². The molecule has 0 bridgehead atoms. The zero-order chi connectivity index (χ0) is 11.9. The van der Waals surface area contributed by atoms with Crippen LogP contribution in [-0.2, 0) is 10.5 Å². The summed E-state index contributed by atoms with van der Waals surface area (Å²) in [7, 11) is 0. The van der Waals surface area contributed by atoms with Gasteiger partial charge in [-0.05, 0) is 12.3 Å². The van der Waals surface area contributed by atoms with Crippen LogP contribution in [0.15, 0.2) is 0 Å². The molecule has 1 unspecified atom stereocenters. The number of hydrogen-bond acceptors (Lipinski definition) is 4. The second kappa shape index (κ2) is 3.97. The summed E-state index contributed by atoms with van der Waals surface area (Å²) in [6, 6.07) is 2.29. The fourth-order valence-corrected chi connectivity index (χ4v) is 5.39. The van der Waals surface area contributed by atoms with Crippen molar-refractivity contribution in [1.29, 1.82) is 5.26 Å². The molecule has 4 heteroatoms. The van der Waals surface area contributed by atoms with E-state index in [1.165, 1.54) is 10.4 Å². The largest absolute Gasteiger partial charge is 0.389 e. The molecule has 0 aromatic carbocycles. The molecule has 1 aliphatic rings. The van der Waals surface area contributed by atoms with E-state index in [0.717, 1.165) is 17.7 Å². The van der Waals surface area contributed by atoms with Gasteiger partial charge in [-0.2, -0.15) is 5.26 Å². The van der Waals surface area contributed by atoms with Crippen LogP contribution in [0.3, 0.4) is 0 Å². The maximum Gasteiger partial charge on any atom is 0.104 e. The number of hydrogen-bond donors (Lipinski definition) is 1. The van der Waals surface area contributed by atoms with Crippen molar-refractivity contribution in [2.45, 2.75) is 37.7 Å². The van der Waals surface area contributed by atoms with Crippen LogP contribution in [-0.4, -0.2) is 0 Å². The van der Waals surface area contributed by atoms with Crippen molar-refractivity contribution in [3.8, 4) is 6.07 Å². The quantitative estimate of drug-likeness (QED) is 0.873. The van der Waals surface area contributed by atoms with Gasteiger partial charge < -0.3 is 5.73 Å². The van der Waals surface area contributed by atoms with E-state index in [4.69, 9.17) is 5.73 Å². The topological polar surface area (TPSA) is 49.8 Å². The molecule has 2 N–H and O–H groups in total. The van der Waals surface area contributed by atoms with Crippen LogP contribution in [0.1, 0.15) is 43.2 Å². The number of nitrogens with two attached hydrogens (primary N) is 1. The van der Waals surface area contributed by atoms with Crippen molar-refractivity contribution in [3.05, 3.63) is 16.0 Å². The number of fused-ring (bicyclic) bond motifs is 1. The van der Waals surface area contributed by atoms with Gasteiger partial charge in [-0.15, -0.1) is 23.1 Å². The van der Waals surface area contributed by atoms with Gasteiger partial charge in [0.1, 0.15) is 11.1 Å². The molecule has 0 saturated heterocycles. The van der Waals surface area contributed by atoms with Gasteiger partial charge in [0.25, 0.3) is 0 Å². The van der Waals surface area contributed by atoms with E-state index in [1.807, 2.05) is 11.8 Å². The average molecular weight is 252 g/mol. The Morgan fingerprint density at radius 3 is 2.75 bits per heavy atom. The normalized spacial score (nSPS) is 23.4. The minimum Gasteiger partial charge on any atom is -0.389 e. The maximum atomic E-state index is 9.25. The minimum atomic E-state index is 0.106. The number of nitrogens with zero attached hydrogens (tertiary/aromatic N) is 1. The third-order valence-corrected chi connectivity index (χ3v) is 6.58. The molecule has 0 radical (unpaired) electrons. The fourth-order valence-electron chi connectivity index (χ4n) is 2.57. The zero-order valence-electron chi connectivity index (χ0n) is 9.83. The van der Waals surface area contributed by atoms with Crippen molar-refractivity contribution >= 4 is 28.1 Å². The van der Waals surface area contributed by atoms with Gasteiger partial charge in [0.2, 0.25) is 0 Å². The molecule has 0 amide bonds. The molecule has 1 aliphatic heterocycles. The maximum absolute atomic E-state index is 9.25. The summed E-state index contributed by atoms with van der Waals surface area (Å²) >= 11 is 3.57. The van der Waals surface area contributed by atoms with Crippen molar-refractivity contribution in [2.24, 2.45) is 5.92 Å². The molecule has 0 saturated carbocycles. The molecule has 16 heavy (non-hydrogen) atoms. The SMILES string of the molecule is CCC1(C(C)C)SCc2sc(N)c(C#N)c21. The van der Waals surface area contributed by atoms with Gasteiger partial charge in [-0.25, -0.2) is 0 Å². The van der Waals surface area contributed by atoms with E-state index in [0.29, 0.717) is 10.9 Å². The third-order valence-electron chi connectivity index (χ3n) is 3.46. The summed E-state index contributed by atoms with van der Waals surface area (Å²) in [4.78, 5) is 1.31. The molecule has 2 heterocycles. The predicted molar refractivity (Wildman–Crippen MR) is 71.5 cm³/mol. The number of nitriles is 1. The molecular weight excluding hydrogens is 236 g/mol. The Morgan fingerprint density at radius 1 is 1.56 bits per heavy atom. The van der Waals surface area contributed by atoms with E-state index >= 15 is 0 Å². The van der Waals surface area contributed by atoms with E-state index in [9.17, 15) is 5.26 Å². The monoisotopic (exact) mass is 252 g/mol. The molecule has 1 aromatic rings. The fraction of sp³-hybridized carbons (Fsp3) is 0.583. The standard InChI is InChI=1S/C12H16N2S2/c1-4-12(7(2)3)10-8(5-13)11(14)16-9(10)6-15-12/h7H,4,6,14H2,1-3H3. The molecule has 2 rings (SSSR count). The zero-order valence-corrected chi connectivity index (χ0v) is 11.5. The van der Waals surface area contributed by atoms with Gasteiger partial charge in [0, 0.05) is 20.9 Å². The van der Waals surface area contributed by atoms with Gasteiger partial charge in [0.05, 0.1) is 5.56 Å². The van der Waals surface area contributed by atoms with E-state index in [2.05, 4.69) is 26.8 Å². The molecule has 0 fully saturated rings. The second-order valence-electron chi connectivity index (χ2n) is 4.44. The molecule has 0 aliphatic carbocycles. The summed E-state index contributed by atoms with van der Waals surface area (Å²) < 4.78 is 0.106. The lowest BCUT2D eigenvalue weighted by atomic mass is 9.83.